The number of carbonyl (C=O) groups is 1. The maximum atomic E-state index is 13.1. The second-order valence-electron chi connectivity index (χ2n) is 6.91. The Morgan fingerprint density at radius 1 is 1.17 bits per heavy atom. The highest BCUT2D eigenvalue weighted by atomic mass is 32.2. The zero-order valence-electron chi connectivity index (χ0n) is 13.7. The van der Waals surface area contributed by atoms with Crippen LogP contribution in [0.25, 0.3) is 0 Å². The number of aliphatic hydroxyl groups is 2. The van der Waals surface area contributed by atoms with Gasteiger partial charge in [-0.2, -0.15) is 0 Å². The molecule has 24 heavy (non-hydrogen) atoms. The molecule has 2 N–H and O–H groups in total. The first-order chi connectivity index (χ1) is 11.2. The standard InChI is InChI=1S/C17H23NO5S/c1-24(22,23)13-5-3-12(4-6-13)17(8-2-9-17)16(21)18-10-7-14(19)15(20)11-18/h3-6,14-15,19-20H,2,7-11H2,1H3/t14-,15-/m1/s1. The number of benzene rings is 1. The summed E-state index contributed by atoms with van der Waals surface area (Å²) in [6.07, 6.45) is 2.23. The molecular weight excluding hydrogens is 330 g/mol. The van der Waals surface area contributed by atoms with Gasteiger partial charge in [0.25, 0.3) is 0 Å². The van der Waals surface area contributed by atoms with Crippen LogP contribution in [-0.2, 0) is 20.0 Å². The van der Waals surface area contributed by atoms with Crippen molar-refractivity contribution < 1.29 is 23.4 Å². The number of hydrogen-bond acceptors (Lipinski definition) is 5. The maximum absolute atomic E-state index is 13.1. The molecule has 1 aliphatic carbocycles. The molecule has 1 amide bonds. The van der Waals surface area contributed by atoms with Crippen LogP contribution in [0.2, 0.25) is 0 Å². The van der Waals surface area contributed by atoms with Gasteiger partial charge in [0.05, 0.1) is 22.5 Å². The molecule has 3 rings (SSSR count). The van der Waals surface area contributed by atoms with Crippen LogP contribution in [0.15, 0.2) is 29.2 Å². The Kier molecular flexibility index (Phi) is 4.44. The summed E-state index contributed by atoms with van der Waals surface area (Å²) in [4.78, 5) is 14.9. The number of sulfone groups is 1. The Labute approximate surface area is 142 Å². The summed E-state index contributed by atoms with van der Waals surface area (Å²) in [5, 5.41) is 19.5. The summed E-state index contributed by atoms with van der Waals surface area (Å²) in [6.45, 7) is 0.573. The lowest BCUT2D eigenvalue weighted by atomic mass is 9.63. The minimum atomic E-state index is -3.26. The highest BCUT2D eigenvalue weighted by molar-refractivity contribution is 7.90. The Hall–Kier alpha value is -1.44. The number of β-amino-alcohol motifs (C(OH)–C–C–N with tert-alkyl or cyclic N) is 1. The number of nitrogens with zero attached hydrogens (tertiary/aromatic N) is 1. The molecule has 2 fully saturated rings. The van der Waals surface area contributed by atoms with Gasteiger partial charge < -0.3 is 15.1 Å². The number of hydrogen-bond donors (Lipinski definition) is 2. The van der Waals surface area contributed by atoms with Crippen LogP contribution in [0, 0.1) is 0 Å². The molecule has 132 valence electrons. The second-order valence-corrected chi connectivity index (χ2v) is 8.92. The highest BCUT2D eigenvalue weighted by Crippen LogP contribution is 2.45. The molecule has 1 aliphatic heterocycles. The van der Waals surface area contributed by atoms with Crippen LogP contribution in [0.1, 0.15) is 31.2 Å². The van der Waals surface area contributed by atoms with Crippen molar-refractivity contribution in [3.05, 3.63) is 29.8 Å². The van der Waals surface area contributed by atoms with E-state index in [1.54, 1.807) is 29.2 Å². The largest absolute Gasteiger partial charge is 0.390 e. The van der Waals surface area contributed by atoms with Crippen molar-refractivity contribution in [2.24, 2.45) is 0 Å². The van der Waals surface area contributed by atoms with E-state index in [4.69, 9.17) is 0 Å². The van der Waals surface area contributed by atoms with E-state index in [2.05, 4.69) is 0 Å². The highest BCUT2D eigenvalue weighted by Gasteiger charge is 2.48. The number of rotatable bonds is 3. The van der Waals surface area contributed by atoms with Crippen molar-refractivity contribution in [2.75, 3.05) is 19.3 Å². The van der Waals surface area contributed by atoms with Gasteiger partial charge in [-0.15, -0.1) is 0 Å². The molecular formula is C17H23NO5S. The normalized spacial score (nSPS) is 26.7. The van der Waals surface area contributed by atoms with E-state index in [9.17, 15) is 23.4 Å². The van der Waals surface area contributed by atoms with Crippen LogP contribution in [-0.4, -0.2) is 61.0 Å². The van der Waals surface area contributed by atoms with Gasteiger partial charge in [-0.25, -0.2) is 8.42 Å². The van der Waals surface area contributed by atoms with E-state index in [1.165, 1.54) is 0 Å². The average Bonchev–Trinajstić information content (AvgIpc) is 2.48. The van der Waals surface area contributed by atoms with Crippen molar-refractivity contribution in [1.82, 2.24) is 4.90 Å². The number of amides is 1. The zero-order valence-corrected chi connectivity index (χ0v) is 14.5. The first-order valence-electron chi connectivity index (χ1n) is 8.20. The monoisotopic (exact) mass is 353 g/mol. The lowest BCUT2D eigenvalue weighted by Crippen LogP contribution is -2.56. The van der Waals surface area contributed by atoms with Gasteiger partial charge in [0.1, 0.15) is 0 Å². The molecule has 2 aliphatic rings. The van der Waals surface area contributed by atoms with E-state index < -0.39 is 27.5 Å². The van der Waals surface area contributed by atoms with Crippen molar-refractivity contribution in [3.8, 4) is 0 Å². The fourth-order valence-corrected chi connectivity index (χ4v) is 4.21. The Bertz CT molecular complexity index is 724. The van der Waals surface area contributed by atoms with Crippen LogP contribution >= 0.6 is 0 Å². The molecule has 7 heteroatoms. The van der Waals surface area contributed by atoms with Crippen molar-refractivity contribution in [1.29, 1.82) is 0 Å². The Balaban J connectivity index is 1.85. The van der Waals surface area contributed by atoms with Gasteiger partial charge in [-0.1, -0.05) is 18.6 Å². The summed E-state index contributed by atoms with van der Waals surface area (Å²) in [5.74, 6) is -0.0354. The van der Waals surface area contributed by atoms with Gasteiger partial charge >= 0.3 is 0 Å². The molecule has 1 saturated heterocycles. The van der Waals surface area contributed by atoms with Crippen molar-refractivity contribution in [3.63, 3.8) is 0 Å². The molecule has 0 bridgehead atoms. The molecule has 6 nitrogen and oxygen atoms in total. The maximum Gasteiger partial charge on any atom is 0.233 e. The molecule has 0 aromatic heterocycles. The number of piperidine rings is 1. The van der Waals surface area contributed by atoms with E-state index in [1.807, 2.05) is 0 Å². The number of carbonyl (C=O) groups excluding carboxylic acids is 1. The summed E-state index contributed by atoms with van der Waals surface area (Å²) in [7, 11) is -3.26. The minimum Gasteiger partial charge on any atom is -0.390 e. The third-order valence-electron chi connectivity index (χ3n) is 5.29. The molecule has 1 aromatic rings. The number of likely N-dealkylation sites (tertiary alicyclic amines) is 1. The lowest BCUT2D eigenvalue weighted by Gasteiger charge is -2.46. The first kappa shape index (κ1) is 17.4. The molecule has 1 saturated carbocycles. The Morgan fingerprint density at radius 2 is 1.79 bits per heavy atom. The fourth-order valence-electron chi connectivity index (χ4n) is 3.58. The molecule has 0 radical (unpaired) electrons. The van der Waals surface area contributed by atoms with E-state index >= 15 is 0 Å². The molecule has 1 aromatic carbocycles. The smallest absolute Gasteiger partial charge is 0.233 e. The van der Waals surface area contributed by atoms with E-state index in [-0.39, 0.29) is 17.3 Å². The minimum absolute atomic E-state index is 0.0354. The summed E-state index contributed by atoms with van der Waals surface area (Å²) < 4.78 is 23.2. The molecule has 1 heterocycles. The summed E-state index contributed by atoms with van der Waals surface area (Å²) in [5.41, 5.74) is 0.199. The third kappa shape index (κ3) is 2.96. The molecule has 0 spiro atoms. The predicted octanol–water partition coefficient (Wildman–Crippen LogP) is 0.466. The lowest BCUT2D eigenvalue weighted by molar-refractivity contribution is -0.147. The molecule has 2 atom stereocenters. The van der Waals surface area contributed by atoms with Gasteiger partial charge in [-0.05, 0) is 37.0 Å². The van der Waals surface area contributed by atoms with Crippen LogP contribution in [0.5, 0.6) is 0 Å². The Morgan fingerprint density at radius 3 is 2.25 bits per heavy atom. The fraction of sp³-hybridized carbons (Fsp3) is 0.588. The summed E-state index contributed by atoms with van der Waals surface area (Å²) >= 11 is 0. The van der Waals surface area contributed by atoms with Crippen LogP contribution < -0.4 is 0 Å². The van der Waals surface area contributed by atoms with Gasteiger partial charge in [0, 0.05) is 19.3 Å². The summed E-state index contributed by atoms with van der Waals surface area (Å²) in [6, 6.07) is 6.55. The SMILES string of the molecule is CS(=O)(=O)c1ccc(C2(C(=O)N3CC[C@@H](O)[C@H](O)C3)CCC2)cc1. The zero-order chi connectivity index (χ0) is 17.5. The van der Waals surface area contributed by atoms with Gasteiger partial charge in [0.2, 0.25) is 5.91 Å². The third-order valence-corrected chi connectivity index (χ3v) is 6.41. The predicted molar refractivity (Wildman–Crippen MR) is 88.3 cm³/mol. The van der Waals surface area contributed by atoms with Gasteiger partial charge in [0.15, 0.2) is 9.84 Å². The van der Waals surface area contributed by atoms with E-state index in [0.29, 0.717) is 13.0 Å². The van der Waals surface area contributed by atoms with Crippen molar-refractivity contribution >= 4 is 15.7 Å². The van der Waals surface area contributed by atoms with Gasteiger partial charge in [-0.3, -0.25) is 4.79 Å². The van der Waals surface area contributed by atoms with Crippen LogP contribution in [0.3, 0.4) is 0 Å². The second kappa shape index (κ2) is 6.13. The van der Waals surface area contributed by atoms with Crippen LogP contribution in [0.4, 0.5) is 0 Å². The van der Waals surface area contributed by atoms with E-state index in [0.717, 1.165) is 31.1 Å². The van der Waals surface area contributed by atoms with Crippen molar-refractivity contribution in [2.45, 2.75) is 48.2 Å². The number of aliphatic hydroxyl groups excluding tert-OH is 2. The first-order valence-corrected chi connectivity index (χ1v) is 10.1. The quantitative estimate of drug-likeness (QED) is 0.823. The topological polar surface area (TPSA) is 94.9 Å². The molecule has 0 unspecified atom stereocenters. The average molecular weight is 353 g/mol.